The van der Waals surface area contributed by atoms with Crippen LogP contribution in [0.15, 0.2) is 24.3 Å². The summed E-state index contributed by atoms with van der Waals surface area (Å²) in [5.74, 6) is 1.81. The van der Waals surface area contributed by atoms with Gasteiger partial charge in [0.25, 0.3) is 0 Å². The number of aliphatic hydroxyl groups excluding tert-OH is 1. The molecule has 2 nitrogen and oxygen atoms in total. The van der Waals surface area contributed by atoms with Crippen molar-refractivity contribution < 1.29 is 9.53 Å². The molecule has 1 saturated carbocycles. The molecule has 27 heavy (non-hydrogen) atoms. The van der Waals surface area contributed by atoms with E-state index in [-0.39, 0.29) is 5.04 Å². The number of aryl methyl sites for hydroxylation is 1. The van der Waals surface area contributed by atoms with Crippen LogP contribution in [0, 0.1) is 17.8 Å². The van der Waals surface area contributed by atoms with Gasteiger partial charge in [-0.05, 0) is 79.1 Å². The summed E-state index contributed by atoms with van der Waals surface area (Å²) in [7, 11) is -1.72. The number of aliphatic hydroxyl groups is 1. The summed E-state index contributed by atoms with van der Waals surface area (Å²) in [6.07, 6.45) is 7.06. The maximum absolute atomic E-state index is 9.63. The Morgan fingerprint density at radius 1 is 1.11 bits per heavy atom. The molecule has 0 bridgehead atoms. The fraction of sp³-hybridized carbons (Fsp3) is 0.750. The molecule has 1 aromatic carbocycles. The lowest BCUT2D eigenvalue weighted by Gasteiger charge is -2.42. The van der Waals surface area contributed by atoms with Crippen LogP contribution in [-0.4, -0.2) is 26.6 Å². The van der Waals surface area contributed by atoms with E-state index in [9.17, 15) is 5.11 Å². The second-order valence-electron chi connectivity index (χ2n) is 9.95. The summed E-state index contributed by atoms with van der Waals surface area (Å²) < 4.78 is 6.49. The minimum atomic E-state index is -1.72. The van der Waals surface area contributed by atoms with E-state index in [1.807, 2.05) is 0 Å². The predicted molar refractivity (Wildman–Crippen MR) is 119 cm³/mol. The van der Waals surface area contributed by atoms with Crippen LogP contribution in [0.1, 0.15) is 64.5 Å². The number of rotatable bonds is 10. The summed E-state index contributed by atoms with van der Waals surface area (Å²) in [5.41, 5.74) is 2.97. The lowest BCUT2D eigenvalue weighted by Crippen LogP contribution is -2.45. The Balaban J connectivity index is 1.90. The molecular formula is C24H42O2Si. The van der Waals surface area contributed by atoms with Gasteiger partial charge in [0.05, 0.1) is 0 Å². The van der Waals surface area contributed by atoms with E-state index in [0.717, 1.165) is 25.9 Å². The fourth-order valence-electron chi connectivity index (χ4n) is 4.38. The lowest BCUT2D eigenvalue weighted by molar-refractivity contribution is 0.194. The van der Waals surface area contributed by atoms with E-state index < -0.39 is 8.32 Å². The average Bonchev–Trinajstić information content (AvgIpc) is 3.07. The van der Waals surface area contributed by atoms with Gasteiger partial charge in [-0.25, -0.2) is 0 Å². The Hall–Kier alpha value is -0.643. The number of hydrogen-bond donors (Lipinski definition) is 1. The monoisotopic (exact) mass is 390 g/mol. The Labute approximate surface area is 168 Å². The molecule has 2 atom stereocenters. The van der Waals surface area contributed by atoms with Crippen molar-refractivity contribution in [3.05, 3.63) is 35.4 Å². The first-order valence-electron chi connectivity index (χ1n) is 11.0. The molecule has 0 amide bonds. The molecule has 3 heteroatoms. The Kier molecular flexibility index (Phi) is 8.14. The number of benzene rings is 1. The number of hydrogen-bond acceptors (Lipinski definition) is 2. The zero-order chi connectivity index (χ0) is 20.1. The van der Waals surface area contributed by atoms with Crippen LogP contribution < -0.4 is 0 Å². The van der Waals surface area contributed by atoms with Gasteiger partial charge in [0.1, 0.15) is 0 Å². The van der Waals surface area contributed by atoms with E-state index >= 15 is 0 Å². The lowest BCUT2D eigenvalue weighted by atomic mass is 9.87. The zero-order valence-corrected chi connectivity index (χ0v) is 19.6. The first-order chi connectivity index (χ1) is 12.7. The molecule has 1 aliphatic carbocycles. The van der Waals surface area contributed by atoms with Crippen LogP contribution in [-0.2, 0) is 17.3 Å². The van der Waals surface area contributed by atoms with Crippen LogP contribution in [0.25, 0.3) is 0 Å². The van der Waals surface area contributed by atoms with Gasteiger partial charge < -0.3 is 9.53 Å². The first kappa shape index (κ1) is 22.6. The second kappa shape index (κ2) is 9.71. The van der Waals surface area contributed by atoms with Gasteiger partial charge in [-0.3, -0.25) is 0 Å². The van der Waals surface area contributed by atoms with Crippen molar-refractivity contribution in [3.8, 4) is 0 Å². The molecular weight excluding hydrogens is 348 g/mol. The summed E-state index contributed by atoms with van der Waals surface area (Å²) in [6.45, 7) is 15.3. The molecule has 1 fully saturated rings. The normalized spacial score (nSPS) is 21.2. The van der Waals surface area contributed by atoms with E-state index in [4.69, 9.17) is 4.43 Å². The van der Waals surface area contributed by atoms with Crippen LogP contribution in [0.2, 0.25) is 18.1 Å². The van der Waals surface area contributed by atoms with Crippen LogP contribution in [0.5, 0.6) is 0 Å². The fourth-order valence-corrected chi connectivity index (χ4v) is 6.79. The van der Waals surface area contributed by atoms with Crippen LogP contribution in [0.4, 0.5) is 0 Å². The van der Waals surface area contributed by atoms with Gasteiger partial charge in [0, 0.05) is 13.2 Å². The van der Waals surface area contributed by atoms with Crippen molar-refractivity contribution in [3.63, 3.8) is 0 Å². The minimum absolute atomic E-state index is 0.284. The van der Waals surface area contributed by atoms with Crippen molar-refractivity contribution in [2.45, 2.75) is 84.4 Å². The van der Waals surface area contributed by atoms with Crippen LogP contribution in [0.3, 0.4) is 0 Å². The predicted octanol–water partition coefficient (Wildman–Crippen LogP) is 6.23. The molecule has 0 aliphatic heterocycles. The summed E-state index contributed by atoms with van der Waals surface area (Å²) in [4.78, 5) is 0. The molecule has 2 rings (SSSR count). The Morgan fingerprint density at radius 3 is 2.37 bits per heavy atom. The maximum Gasteiger partial charge on any atom is 0.192 e. The standard InChI is InChI=1S/C24H42O2Si/c1-19(2)24(3,4)27(5,6)26-16-10-15-20-11-7-8-12-21(20)17-22-13-9-14-23(22)18-25/h7-8,11-12,19,22-23,25H,9-10,13-18H2,1-6H3/t22-,23+/m1/s1. The SMILES string of the molecule is CC(C)C(C)(C)[Si](C)(C)OCCCc1ccccc1C[C@H]1CCC[C@H]1CO. The zero-order valence-electron chi connectivity index (χ0n) is 18.6. The summed E-state index contributed by atoms with van der Waals surface area (Å²) in [6, 6.07) is 8.92. The molecule has 1 aromatic rings. The molecule has 0 saturated heterocycles. The van der Waals surface area contributed by atoms with Crippen molar-refractivity contribution >= 4 is 8.32 Å². The van der Waals surface area contributed by atoms with Crippen molar-refractivity contribution in [1.29, 1.82) is 0 Å². The highest BCUT2D eigenvalue weighted by Crippen LogP contribution is 2.44. The highest BCUT2D eigenvalue weighted by molar-refractivity contribution is 6.74. The highest BCUT2D eigenvalue weighted by atomic mass is 28.4. The largest absolute Gasteiger partial charge is 0.417 e. The van der Waals surface area contributed by atoms with Gasteiger partial charge in [-0.1, -0.05) is 58.4 Å². The Morgan fingerprint density at radius 2 is 1.74 bits per heavy atom. The molecule has 0 unspecified atom stereocenters. The molecule has 1 aliphatic rings. The van der Waals surface area contributed by atoms with E-state index in [2.05, 4.69) is 65.1 Å². The molecule has 1 N–H and O–H groups in total. The van der Waals surface area contributed by atoms with Crippen molar-refractivity contribution in [1.82, 2.24) is 0 Å². The molecule has 0 aromatic heterocycles. The quantitative estimate of drug-likeness (QED) is 0.379. The molecule has 154 valence electrons. The highest BCUT2D eigenvalue weighted by Gasteiger charge is 2.43. The van der Waals surface area contributed by atoms with Crippen LogP contribution >= 0.6 is 0 Å². The topological polar surface area (TPSA) is 29.5 Å². The second-order valence-corrected chi connectivity index (χ2v) is 14.5. The maximum atomic E-state index is 9.63. The van der Waals surface area contributed by atoms with Crippen molar-refractivity contribution in [2.75, 3.05) is 13.2 Å². The van der Waals surface area contributed by atoms with Gasteiger partial charge in [0.15, 0.2) is 8.32 Å². The molecule has 0 heterocycles. The summed E-state index contributed by atoms with van der Waals surface area (Å²) in [5, 5.41) is 9.91. The van der Waals surface area contributed by atoms with E-state index in [1.54, 1.807) is 0 Å². The molecule has 0 spiro atoms. The Bertz CT molecular complexity index is 579. The van der Waals surface area contributed by atoms with Gasteiger partial charge in [-0.15, -0.1) is 0 Å². The minimum Gasteiger partial charge on any atom is -0.417 e. The summed E-state index contributed by atoms with van der Waals surface area (Å²) >= 11 is 0. The average molecular weight is 391 g/mol. The first-order valence-corrected chi connectivity index (χ1v) is 13.9. The van der Waals surface area contributed by atoms with E-state index in [0.29, 0.717) is 24.4 Å². The third-order valence-electron chi connectivity index (χ3n) is 7.70. The van der Waals surface area contributed by atoms with E-state index in [1.165, 1.54) is 30.4 Å². The molecule has 0 radical (unpaired) electrons. The third kappa shape index (κ3) is 5.68. The third-order valence-corrected chi connectivity index (χ3v) is 12.3. The van der Waals surface area contributed by atoms with Gasteiger partial charge in [-0.2, -0.15) is 0 Å². The van der Waals surface area contributed by atoms with Crippen molar-refractivity contribution in [2.24, 2.45) is 17.8 Å². The smallest absolute Gasteiger partial charge is 0.192 e. The van der Waals surface area contributed by atoms with Gasteiger partial charge >= 0.3 is 0 Å². The van der Waals surface area contributed by atoms with Gasteiger partial charge in [0.2, 0.25) is 0 Å².